The number of rotatable bonds is 5. The Morgan fingerprint density at radius 3 is 2.78 bits per heavy atom. The lowest BCUT2D eigenvalue weighted by Crippen LogP contribution is -2.52. The molecule has 1 aliphatic heterocycles. The van der Waals surface area contributed by atoms with Crippen molar-refractivity contribution in [3.05, 3.63) is 18.5 Å². The van der Waals surface area contributed by atoms with Crippen molar-refractivity contribution in [2.45, 2.75) is 64.7 Å². The Morgan fingerprint density at radius 2 is 2.17 bits per heavy atom. The van der Waals surface area contributed by atoms with Crippen LogP contribution in [0, 0.1) is 0 Å². The molecule has 0 saturated carbocycles. The van der Waals surface area contributed by atoms with E-state index in [1.165, 1.54) is 0 Å². The van der Waals surface area contributed by atoms with Crippen LogP contribution < -0.4 is 0 Å². The number of hydrogen-bond acceptors (Lipinski definition) is 4. The molecule has 0 aliphatic carbocycles. The summed E-state index contributed by atoms with van der Waals surface area (Å²) in [6.07, 6.45) is 6.24. The number of carbonyl (C=O) groups is 1. The van der Waals surface area contributed by atoms with Crippen LogP contribution in [0.1, 0.15) is 47.0 Å². The summed E-state index contributed by atoms with van der Waals surface area (Å²) < 4.78 is 13.5. The third kappa shape index (κ3) is 5.23. The zero-order valence-corrected chi connectivity index (χ0v) is 14.7. The van der Waals surface area contributed by atoms with Crippen LogP contribution in [-0.2, 0) is 16.0 Å². The minimum absolute atomic E-state index is 0.245. The predicted octanol–water partition coefficient (Wildman–Crippen LogP) is 3.08. The average molecular weight is 323 g/mol. The fourth-order valence-corrected chi connectivity index (χ4v) is 2.88. The maximum absolute atomic E-state index is 12.3. The number of piperidine rings is 1. The topological polar surface area (TPSA) is 56.6 Å². The molecule has 1 fully saturated rings. The number of carbonyl (C=O) groups excluding carboxylic acids is 1. The lowest BCUT2D eigenvalue weighted by atomic mass is 9.90. The fourth-order valence-electron chi connectivity index (χ4n) is 2.88. The van der Waals surface area contributed by atoms with Crippen molar-refractivity contribution in [3.63, 3.8) is 0 Å². The molecule has 1 unspecified atom stereocenters. The Kier molecular flexibility index (Phi) is 5.68. The summed E-state index contributed by atoms with van der Waals surface area (Å²) in [5.74, 6) is 0. The molecule has 130 valence electrons. The second-order valence-electron chi connectivity index (χ2n) is 7.16. The van der Waals surface area contributed by atoms with Gasteiger partial charge in [-0.15, -0.1) is 0 Å². The summed E-state index contributed by atoms with van der Waals surface area (Å²) in [5, 5.41) is 4.18. The molecule has 1 amide bonds. The Bertz CT molecular complexity index is 496. The quantitative estimate of drug-likeness (QED) is 0.835. The first-order valence-electron chi connectivity index (χ1n) is 8.43. The average Bonchev–Trinajstić information content (AvgIpc) is 2.99. The van der Waals surface area contributed by atoms with Crippen LogP contribution in [0.3, 0.4) is 0 Å². The number of likely N-dealkylation sites (tertiary alicyclic amines) is 1. The van der Waals surface area contributed by atoms with Crippen LogP contribution in [0.25, 0.3) is 0 Å². The van der Waals surface area contributed by atoms with Crippen molar-refractivity contribution in [2.75, 3.05) is 19.7 Å². The summed E-state index contributed by atoms with van der Waals surface area (Å²) in [4.78, 5) is 14.1. The fraction of sp³-hybridized carbons (Fsp3) is 0.765. The first kappa shape index (κ1) is 17.8. The van der Waals surface area contributed by atoms with Crippen molar-refractivity contribution >= 4 is 6.09 Å². The predicted molar refractivity (Wildman–Crippen MR) is 88.2 cm³/mol. The second kappa shape index (κ2) is 7.34. The van der Waals surface area contributed by atoms with E-state index in [9.17, 15) is 4.79 Å². The molecule has 2 rings (SSSR count). The van der Waals surface area contributed by atoms with E-state index in [1.807, 2.05) is 37.7 Å². The lowest BCUT2D eigenvalue weighted by molar-refractivity contribution is -0.0956. The van der Waals surface area contributed by atoms with Crippen molar-refractivity contribution in [3.8, 4) is 0 Å². The maximum Gasteiger partial charge on any atom is 0.410 e. The monoisotopic (exact) mass is 323 g/mol. The Hall–Kier alpha value is -1.56. The molecule has 0 N–H and O–H groups in total. The van der Waals surface area contributed by atoms with Crippen LogP contribution in [0.4, 0.5) is 4.79 Å². The van der Waals surface area contributed by atoms with Gasteiger partial charge in [0.1, 0.15) is 5.60 Å². The van der Waals surface area contributed by atoms with E-state index >= 15 is 0 Å². The van der Waals surface area contributed by atoms with Gasteiger partial charge in [-0.25, -0.2) is 4.79 Å². The molecule has 1 atom stereocenters. The van der Waals surface area contributed by atoms with E-state index in [-0.39, 0.29) is 11.7 Å². The first-order chi connectivity index (χ1) is 10.8. The van der Waals surface area contributed by atoms with Crippen LogP contribution in [0.2, 0.25) is 0 Å². The number of nitrogens with zero attached hydrogens (tertiary/aromatic N) is 3. The smallest absolute Gasteiger partial charge is 0.410 e. The standard InChI is InChI=1S/C17H29N3O3/c1-5-17(22-13-12-20-11-7-9-18-20)8-6-10-19(14-17)15(21)23-16(2,3)4/h7,9,11H,5-6,8,10,12-14H2,1-4H3. The van der Waals surface area contributed by atoms with Gasteiger partial charge in [0, 0.05) is 18.9 Å². The second-order valence-corrected chi connectivity index (χ2v) is 7.16. The molecule has 23 heavy (non-hydrogen) atoms. The highest BCUT2D eigenvalue weighted by molar-refractivity contribution is 5.68. The first-order valence-corrected chi connectivity index (χ1v) is 8.43. The number of hydrogen-bond donors (Lipinski definition) is 0. The van der Waals surface area contributed by atoms with Gasteiger partial charge in [-0.05, 0) is 46.1 Å². The van der Waals surface area contributed by atoms with Crippen molar-refractivity contribution in [2.24, 2.45) is 0 Å². The van der Waals surface area contributed by atoms with Crippen LogP contribution in [-0.4, -0.2) is 51.7 Å². The van der Waals surface area contributed by atoms with Gasteiger partial charge in [-0.2, -0.15) is 5.10 Å². The normalized spacial score (nSPS) is 22.2. The molecule has 6 heteroatoms. The minimum atomic E-state index is -0.468. The summed E-state index contributed by atoms with van der Waals surface area (Å²) >= 11 is 0. The number of aromatic nitrogens is 2. The van der Waals surface area contributed by atoms with Gasteiger partial charge in [0.05, 0.1) is 25.3 Å². The Balaban J connectivity index is 1.90. The van der Waals surface area contributed by atoms with Gasteiger partial charge < -0.3 is 14.4 Å². The van der Waals surface area contributed by atoms with E-state index < -0.39 is 5.60 Å². The molecule has 0 bridgehead atoms. The van der Waals surface area contributed by atoms with E-state index in [4.69, 9.17) is 9.47 Å². The zero-order chi connectivity index (χ0) is 16.9. The summed E-state index contributed by atoms with van der Waals surface area (Å²) in [5.41, 5.74) is -0.743. The molecule has 1 aromatic rings. The highest BCUT2D eigenvalue weighted by Gasteiger charge is 2.38. The molecular formula is C17H29N3O3. The van der Waals surface area contributed by atoms with Crippen LogP contribution in [0.5, 0.6) is 0 Å². The largest absolute Gasteiger partial charge is 0.444 e. The third-order valence-electron chi connectivity index (χ3n) is 4.12. The van der Waals surface area contributed by atoms with Crippen LogP contribution >= 0.6 is 0 Å². The molecule has 0 spiro atoms. The van der Waals surface area contributed by atoms with Crippen LogP contribution in [0.15, 0.2) is 18.5 Å². The SMILES string of the molecule is CCC1(OCCn2cccn2)CCCN(C(=O)OC(C)(C)C)C1. The van der Waals surface area contributed by atoms with Gasteiger partial charge in [0.25, 0.3) is 0 Å². The van der Waals surface area contributed by atoms with E-state index in [0.717, 1.165) is 32.4 Å². The number of amides is 1. The summed E-state index contributed by atoms with van der Waals surface area (Å²) in [7, 11) is 0. The lowest BCUT2D eigenvalue weighted by Gasteiger charge is -2.42. The maximum atomic E-state index is 12.3. The van der Waals surface area contributed by atoms with E-state index in [0.29, 0.717) is 13.2 Å². The molecule has 0 radical (unpaired) electrons. The minimum Gasteiger partial charge on any atom is -0.444 e. The Morgan fingerprint density at radius 1 is 1.39 bits per heavy atom. The van der Waals surface area contributed by atoms with Crippen molar-refractivity contribution < 1.29 is 14.3 Å². The molecule has 1 aromatic heterocycles. The van der Waals surface area contributed by atoms with Gasteiger partial charge in [-0.1, -0.05) is 6.92 Å². The molecule has 1 aliphatic rings. The molecule has 1 saturated heterocycles. The molecule has 6 nitrogen and oxygen atoms in total. The molecule has 2 heterocycles. The molecule has 0 aromatic carbocycles. The number of ether oxygens (including phenoxy) is 2. The Labute approximate surface area is 138 Å². The molecular weight excluding hydrogens is 294 g/mol. The van der Waals surface area contributed by atoms with Gasteiger partial charge in [0.15, 0.2) is 0 Å². The van der Waals surface area contributed by atoms with Crippen molar-refractivity contribution in [1.29, 1.82) is 0 Å². The van der Waals surface area contributed by atoms with Crippen molar-refractivity contribution in [1.82, 2.24) is 14.7 Å². The third-order valence-corrected chi connectivity index (χ3v) is 4.12. The zero-order valence-electron chi connectivity index (χ0n) is 14.7. The van der Waals surface area contributed by atoms with E-state index in [2.05, 4.69) is 12.0 Å². The highest BCUT2D eigenvalue weighted by atomic mass is 16.6. The van der Waals surface area contributed by atoms with Gasteiger partial charge in [-0.3, -0.25) is 4.68 Å². The highest BCUT2D eigenvalue weighted by Crippen LogP contribution is 2.29. The van der Waals surface area contributed by atoms with E-state index in [1.54, 1.807) is 11.1 Å². The van der Waals surface area contributed by atoms with Gasteiger partial charge in [0.2, 0.25) is 0 Å². The summed E-state index contributed by atoms with van der Waals surface area (Å²) in [6, 6.07) is 1.90. The summed E-state index contributed by atoms with van der Waals surface area (Å²) in [6.45, 7) is 10.4. The van der Waals surface area contributed by atoms with Gasteiger partial charge >= 0.3 is 6.09 Å².